The number of carbonyl (C=O) groups excluding carboxylic acids is 2. The molecule has 0 aliphatic rings. The summed E-state index contributed by atoms with van der Waals surface area (Å²) in [5.41, 5.74) is 16.7. The second-order valence-corrected chi connectivity index (χ2v) is 13.1. The molecule has 0 atom stereocenters. The highest BCUT2D eigenvalue weighted by atomic mass is 16.1. The van der Waals surface area contributed by atoms with Gasteiger partial charge in [-0.3, -0.25) is 9.59 Å². The van der Waals surface area contributed by atoms with Gasteiger partial charge in [-0.15, -0.1) is 0 Å². The lowest BCUT2D eigenvalue weighted by Gasteiger charge is -2.18. The van der Waals surface area contributed by atoms with Crippen LogP contribution in [0, 0.1) is 0 Å². The Bertz CT molecular complexity index is 2120. The van der Waals surface area contributed by atoms with Crippen molar-refractivity contribution in [3.63, 3.8) is 0 Å². The van der Waals surface area contributed by atoms with E-state index in [1.807, 2.05) is 55.5 Å². The van der Waals surface area contributed by atoms with Crippen molar-refractivity contribution in [2.75, 3.05) is 0 Å². The Morgan fingerprint density at radius 3 is 0.804 bits per heavy atom. The summed E-state index contributed by atoms with van der Waals surface area (Å²) in [5, 5.41) is 0. The van der Waals surface area contributed by atoms with Crippen molar-refractivity contribution in [1.29, 1.82) is 0 Å². The van der Waals surface area contributed by atoms with Gasteiger partial charge in [0.1, 0.15) is 0 Å². The molecule has 0 spiro atoms. The van der Waals surface area contributed by atoms with Crippen LogP contribution in [-0.4, -0.2) is 11.6 Å². The molecule has 0 unspecified atom stereocenters. The minimum atomic E-state index is 0.0507. The van der Waals surface area contributed by atoms with Gasteiger partial charge in [-0.25, -0.2) is 0 Å². The Morgan fingerprint density at radius 1 is 0.333 bits per heavy atom. The average molecular weight is 659 g/mol. The molecule has 7 aromatic rings. The van der Waals surface area contributed by atoms with Crippen molar-refractivity contribution in [2.24, 2.45) is 0 Å². The maximum absolute atomic E-state index is 12.1. The topological polar surface area (TPSA) is 34.1 Å². The van der Waals surface area contributed by atoms with Gasteiger partial charge in [0.25, 0.3) is 0 Å². The van der Waals surface area contributed by atoms with Crippen LogP contribution < -0.4 is 0 Å². The third-order valence-electron chi connectivity index (χ3n) is 9.54. The number of carbonyl (C=O) groups is 2. The van der Waals surface area contributed by atoms with Gasteiger partial charge in [-0.05, 0) is 111 Å². The molecule has 0 saturated carbocycles. The third kappa shape index (κ3) is 6.90. The van der Waals surface area contributed by atoms with Gasteiger partial charge in [0, 0.05) is 11.1 Å². The van der Waals surface area contributed by atoms with E-state index in [0.29, 0.717) is 11.1 Å². The molecule has 0 heterocycles. The van der Waals surface area contributed by atoms with E-state index in [1.54, 1.807) is 13.8 Å². The second kappa shape index (κ2) is 14.2. The highest BCUT2D eigenvalue weighted by Gasteiger charge is 2.16. The number of rotatable bonds is 9. The molecule has 51 heavy (non-hydrogen) atoms. The summed E-state index contributed by atoms with van der Waals surface area (Å²) in [6.45, 7) is 9.34. The lowest BCUT2D eigenvalue weighted by atomic mass is 9.86. The molecule has 2 nitrogen and oxygen atoms in total. The normalized spacial score (nSPS) is 10.9. The molecule has 7 aromatic carbocycles. The van der Waals surface area contributed by atoms with Gasteiger partial charge in [-0.1, -0.05) is 158 Å². The van der Waals surface area contributed by atoms with E-state index in [9.17, 15) is 9.59 Å². The number of hydrogen-bond donors (Lipinski definition) is 0. The molecule has 2 heteroatoms. The minimum absolute atomic E-state index is 0.0507. The molecule has 0 radical (unpaired) electrons. The third-order valence-corrected chi connectivity index (χ3v) is 9.54. The standard InChI is InChI=1S/C49H38O2/c1-32(2)35-17-23-38(24-18-35)44-11-5-8-14-47(44)41-29-42(48-15-9-6-12-45(48)39-25-19-36(20-26-39)33(3)50)31-43(30-41)49-16-10-7-13-46(49)40-27-21-37(22-28-40)34(4)51/h5-31H,1H2,2-4H3. The second-order valence-electron chi connectivity index (χ2n) is 13.1. The van der Waals surface area contributed by atoms with Crippen LogP contribution in [0.2, 0.25) is 0 Å². The van der Waals surface area contributed by atoms with Crippen LogP contribution in [0.25, 0.3) is 72.3 Å². The number of ketones is 2. The molecule has 0 saturated heterocycles. The Kier molecular flexibility index (Phi) is 9.24. The predicted molar refractivity (Wildman–Crippen MR) is 214 cm³/mol. The quantitative estimate of drug-likeness (QED) is 0.145. The molecular weight excluding hydrogens is 621 g/mol. The van der Waals surface area contributed by atoms with Crippen LogP contribution in [0.5, 0.6) is 0 Å². The fourth-order valence-electron chi connectivity index (χ4n) is 6.76. The summed E-state index contributed by atoms with van der Waals surface area (Å²) in [5.74, 6) is 0.101. The number of hydrogen-bond acceptors (Lipinski definition) is 2. The maximum atomic E-state index is 12.1. The van der Waals surface area contributed by atoms with Crippen molar-refractivity contribution in [1.82, 2.24) is 0 Å². The van der Waals surface area contributed by atoms with Gasteiger partial charge in [0.15, 0.2) is 11.6 Å². The fraction of sp³-hybridized carbons (Fsp3) is 0.0612. The van der Waals surface area contributed by atoms with E-state index in [0.717, 1.165) is 77.9 Å². The first kappa shape index (κ1) is 33.1. The average Bonchev–Trinajstić information content (AvgIpc) is 3.18. The zero-order valence-corrected chi connectivity index (χ0v) is 29.1. The molecule has 0 aliphatic heterocycles. The Balaban J connectivity index is 1.45. The molecule has 7 rings (SSSR count). The first-order valence-corrected chi connectivity index (χ1v) is 17.2. The lowest BCUT2D eigenvalue weighted by molar-refractivity contribution is 0.100. The SMILES string of the molecule is C=C(C)c1ccc(-c2ccccc2-c2cc(-c3ccccc3-c3ccc(C(C)=O)cc3)cc(-c3ccccc3-c3ccc(C(C)=O)cc3)c2)cc1. The van der Waals surface area contributed by atoms with Crippen LogP contribution in [0.15, 0.2) is 170 Å². The zero-order chi connectivity index (χ0) is 35.5. The largest absolute Gasteiger partial charge is 0.295 e. The van der Waals surface area contributed by atoms with E-state index in [-0.39, 0.29) is 11.6 Å². The summed E-state index contributed by atoms with van der Waals surface area (Å²) in [7, 11) is 0. The van der Waals surface area contributed by atoms with Crippen molar-refractivity contribution < 1.29 is 9.59 Å². The van der Waals surface area contributed by atoms with Crippen LogP contribution in [0.4, 0.5) is 0 Å². The Hall–Kier alpha value is -6.38. The first-order chi connectivity index (χ1) is 24.8. The Labute approximate surface area is 300 Å². The fourth-order valence-corrected chi connectivity index (χ4v) is 6.76. The Morgan fingerprint density at radius 2 is 0.569 bits per heavy atom. The van der Waals surface area contributed by atoms with Crippen LogP contribution >= 0.6 is 0 Å². The molecular formula is C49H38O2. The number of Topliss-reactive ketones (excluding diaryl/α,β-unsaturated/α-hetero) is 2. The van der Waals surface area contributed by atoms with E-state index in [1.165, 1.54) is 0 Å². The van der Waals surface area contributed by atoms with Crippen LogP contribution in [-0.2, 0) is 0 Å². The van der Waals surface area contributed by atoms with Crippen LogP contribution in [0.1, 0.15) is 47.1 Å². The van der Waals surface area contributed by atoms with Gasteiger partial charge >= 0.3 is 0 Å². The van der Waals surface area contributed by atoms with Crippen molar-refractivity contribution in [3.8, 4) is 66.8 Å². The van der Waals surface area contributed by atoms with Gasteiger partial charge in [-0.2, -0.15) is 0 Å². The van der Waals surface area contributed by atoms with E-state index >= 15 is 0 Å². The number of allylic oxidation sites excluding steroid dienone is 1. The predicted octanol–water partition coefficient (Wildman–Crippen LogP) is 13.1. The highest BCUT2D eigenvalue weighted by Crippen LogP contribution is 2.42. The van der Waals surface area contributed by atoms with E-state index < -0.39 is 0 Å². The number of benzene rings is 7. The van der Waals surface area contributed by atoms with Gasteiger partial charge in [0.05, 0.1) is 0 Å². The molecule has 0 bridgehead atoms. The molecule has 0 aliphatic carbocycles. The summed E-state index contributed by atoms with van der Waals surface area (Å²) in [6, 6.07) is 56.7. The summed E-state index contributed by atoms with van der Waals surface area (Å²) in [6.07, 6.45) is 0. The zero-order valence-electron chi connectivity index (χ0n) is 29.1. The summed E-state index contributed by atoms with van der Waals surface area (Å²) in [4.78, 5) is 24.1. The van der Waals surface area contributed by atoms with Gasteiger partial charge < -0.3 is 0 Å². The molecule has 0 aromatic heterocycles. The highest BCUT2D eigenvalue weighted by molar-refractivity contribution is 5.97. The monoisotopic (exact) mass is 658 g/mol. The van der Waals surface area contributed by atoms with Crippen molar-refractivity contribution >= 4 is 17.1 Å². The lowest BCUT2D eigenvalue weighted by Crippen LogP contribution is -1.94. The van der Waals surface area contributed by atoms with Crippen LogP contribution in [0.3, 0.4) is 0 Å². The van der Waals surface area contributed by atoms with Crippen molar-refractivity contribution in [3.05, 3.63) is 187 Å². The summed E-state index contributed by atoms with van der Waals surface area (Å²) >= 11 is 0. The molecule has 246 valence electrons. The van der Waals surface area contributed by atoms with E-state index in [4.69, 9.17) is 0 Å². The summed E-state index contributed by atoms with van der Waals surface area (Å²) < 4.78 is 0. The van der Waals surface area contributed by atoms with E-state index in [2.05, 4.69) is 122 Å². The minimum Gasteiger partial charge on any atom is -0.295 e. The molecule has 0 amide bonds. The van der Waals surface area contributed by atoms with Crippen molar-refractivity contribution in [2.45, 2.75) is 20.8 Å². The smallest absolute Gasteiger partial charge is 0.159 e. The molecule has 0 N–H and O–H groups in total. The molecule has 0 fully saturated rings. The first-order valence-electron chi connectivity index (χ1n) is 17.2. The van der Waals surface area contributed by atoms with Gasteiger partial charge in [0.2, 0.25) is 0 Å². The maximum Gasteiger partial charge on any atom is 0.159 e.